The van der Waals surface area contributed by atoms with Crippen molar-refractivity contribution in [2.75, 3.05) is 23.0 Å². The van der Waals surface area contributed by atoms with Crippen molar-refractivity contribution in [3.63, 3.8) is 0 Å². The molecule has 3 aromatic rings. The molecule has 10 nitrogen and oxygen atoms in total. The van der Waals surface area contributed by atoms with Gasteiger partial charge in [0.2, 0.25) is 11.8 Å². The second kappa shape index (κ2) is 13.5. The van der Waals surface area contributed by atoms with E-state index in [2.05, 4.69) is 0 Å². The highest BCUT2D eigenvalue weighted by atomic mass is 16.6. The zero-order valence-corrected chi connectivity index (χ0v) is 25.3. The first-order chi connectivity index (χ1) is 21.6. The number of esters is 1. The quantitative estimate of drug-likeness (QED) is 0.182. The van der Waals surface area contributed by atoms with Gasteiger partial charge < -0.3 is 24.7 Å². The van der Waals surface area contributed by atoms with Gasteiger partial charge in [-0.25, -0.2) is 0 Å². The fourth-order valence-electron chi connectivity index (χ4n) is 5.89. The monoisotopic (exact) mass is 611 g/mol. The molecule has 0 aromatic heterocycles. The van der Waals surface area contributed by atoms with Gasteiger partial charge in [0.15, 0.2) is 11.8 Å². The number of hydrogen-bond acceptors (Lipinski definition) is 7. The maximum absolute atomic E-state index is 14.0. The Labute approximate surface area is 262 Å². The maximum atomic E-state index is 14.0. The Kier molecular flexibility index (Phi) is 9.45. The summed E-state index contributed by atoms with van der Waals surface area (Å²) in [5.74, 6) is -2.00. The Morgan fingerprint density at radius 3 is 2.47 bits per heavy atom. The Bertz CT molecular complexity index is 1610. The number of para-hydroxylation sites is 1. The molecule has 0 aliphatic carbocycles. The van der Waals surface area contributed by atoms with Crippen LogP contribution in [0, 0.1) is 5.92 Å². The van der Waals surface area contributed by atoms with Crippen LogP contribution in [0.3, 0.4) is 0 Å². The molecule has 2 aliphatic rings. The molecular weight excluding hydrogens is 574 g/mol. The fraction of sp³-hybridized carbons (Fsp3) is 0.314. The van der Waals surface area contributed by atoms with Crippen molar-refractivity contribution in [3.8, 4) is 0 Å². The summed E-state index contributed by atoms with van der Waals surface area (Å²) in [7, 11) is 0. The molecule has 3 atom stereocenters. The third-order valence-corrected chi connectivity index (χ3v) is 8.23. The van der Waals surface area contributed by atoms with Crippen LogP contribution in [0.4, 0.5) is 11.4 Å². The van der Waals surface area contributed by atoms with Gasteiger partial charge in [-0.05, 0) is 29.3 Å². The van der Waals surface area contributed by atoms with Gasteiger partial charge in [-0.15, -0.1) is 0 Å². The molecule has 1 fully saturated rings. The summed E-state index contributed by atoms with van der Waals surface area (Å²) in [4.78, 5) is 55.3. The molecule has 1 saturated heterocycles. The van der Waals surface area contributed by atoms with Gasteiger partial charge in [0.25, 0.3) is 5.91 Å². The minimum absolute atomic E-state index is 0.0448. The number of carbonyl (C=O) groups excluding carboxylic acids is 4. The Morgan fingerprint density at radius 2 is 1.76 bits per heavy atom. The molecule has 45 heavy (non-hydrogen) atoms. The topological polar surface area (TPSA) is 128 Å². The van der Waals surface area contributed by atoms with Crippen molar-refractivity contribution in [2.45, 2.75) is 51.6 Å². The first-order valence-corrected chi connectivity index (χ1v) is 14.9. The zero-order valence-electron chi connectivity index (χ0n) is 25.3. The summed E-state index contributed by atoms with van der Waals surface area (Å²) in [6.45, 7) is 3.56. The van der Waals surface area contributed by atoms with E-state index in [1.54, 1.807) is 66.4 Å². The SMILES string of the molecule is CC(=O)OC1CC(=O)N1c1cccc(CN2C(=O)[C@](O)([C@H](C)/C=C/CC(=O)N(CCO)Cc3ccccc3)c3ccccc32)c1. The second-order valence-corrected chi connectivity index (χ2v) is 11.3. The number of rotatable bonds is 12. The molecule has 10 heteroatoms. The highest BCUT2D eigenvalue weighted by Crippen LogP contribution is 2.45. The van der Waals surface area contributed by atoms with Crippen LogP contribution < -0.4 is 9.80 Å². The summed E-state index contributed by atoms with van der Waals surface area (Å²) in [5, 5.41) is 21.5. The fourth-order valence-corrected chi connectivity index (χ4v) is 5.89. The average molecular weight is 612 g/mol. The van der Waals surface area contributed by atoms with E-state index >= 15 is 0 Å². The molecule has 0 radical (unpaired) electrons. The van der Waals surface area contributed by atoms with E-state index in [1.165, 1.54) is 16.7 Å². The second-order valence-electron chi connectivity index (χ2n) is 11.3. The predicted molar refractivity (Wildman–Crippen MR) is 167 cm³/mol. The average Bonchev–Trinajstić information content (AvgIpc) is 3.23. The van der Waals surface area contributed by atoms with Gasteiger partial charge in [-0.3, -0.25) is 24.1 Å². The molecule has 3 aromatic carbocycles. The van der Waals surface area contributed by atoms with Crippen LogP contribution >= 0.6 is 0 Å². The zero-order chi connectivity index (χ0) is 32.1. The molecule has 1 unspecified atom stereocenters. The van der Waals surface area contributed by atoms with E-state index in [4.69, 9.17) is 4.74 Å². The first kappa shape index (κ1) is 31.6. The molecular formula is C35H37N3O7. The largest absolute Gasteiger partial charge is 0.441 e. The van der Waals surface area contributed by atoms with Crippen LogP contribution in [0.5, 0.6) is 0 Å². The molecule has 0 bridgehead atoms. The maximum Gasteiger partial charge on any atom is 0.304 e. The van der Waals surface area contributed by atoms with Crippen molar-refractivity contribution < 1.29 is 34.1 Å². The Morgan fingerprint density at radius 1 is 1.04 bits per heavy atom. The number of aliphatic hydroxyl groups is 2. The van der Waals surface area contributed by atoms with E-state index in [-0.39, 0.29) is 44.4 Å². The van der Waals surface area contributed by atoms with Crippen LogP contribution in [0.25, 0.3) is 0 Å². The van der Waals surface area contributed by atoms with Crippen molar-refractivity contribution in [2.24, 2.45) is 5.92 Å². The number of fused-ring (bicyclic) bond motifs is 1. The van der Waals surface area contributed by atoms with Crippen LogP contribution in [0.15, 0.2) is 91.0 Å². The van der Waals surface area contributed by atoms with Gasteiger partial charge in [0.1, 0.15) is 0 Å². The van der Waals surface area contributed by atoms with E-state index in [0.29, 0.717) is 23.5 Å². The number of anilines is 2. The van der Waals surface area contributed by atoms with E-state index < -0.39 is 29.6 Å². The standard InChI is InChI=1S/C35H37N3O7/c1-24(10-8-17-31(41)36(18-19-39)22-26-11-4-3-5-12-26)35(44)29-15-6-7-16-30(29)37(34(35)43)23-27-13-9-14-28(20-27)38-32(42)21-33(38)45-25(2)40/h3-16,20,24,33,39,44H,17-19,21-23H2,1-2H3/b10-8+/t24-,33?,35+/m1/s1. The van der Waals surface area contributed by atoms with Crippen molar-refractivity contribution >= 4 is 35.1 Å². The summed E-state index contributed by atoms with van der Waals surface area (Å²) in [5.41, 5.74) is 1.39. The summed E-state index contributed by atoms with van der Waals surface area (Å²) >= 11 is 0. The third kappa shape index (κ3) is 6.52. The molecule has 2 heterocycles. The lowest BCUT2D eigenvalue weighted by molar-refractivity contribution is -0.154. The predicted octanol–water partition coefficient (Wildman–Crippen LogP) is 3.65. The lowest BCUT2D eigenvalue weighted by Crippen LogP contribution is -2.54. The van der Waals surface area contributed by atoms with Gasteiger partial charge in [-0.1, -0.05) is 79.7 Å². The number of benzene rings is 3. The molecule has 5 rings (SSSR count). The highest BCUT2D eigenvalue weighted by molar-refractivity contribution is 6.07. The lowest BCUT2D eigenvalue weighted by Gasteiger charge is -2.39. The smallest absolute Gasteiger partial charge is 0.304 e. The summed E-state index contributed by atoms with van der Waals surface area (Å²) in [6, 6.07) is 23.7. The Balaban J connectivity index is 1.31. The minimum atomic E-state index is -1.86. The number of ether oxygens (including phenoxy) is 1. The van der Waals surface area contributed by atoms with E-state index in [9.17, 15) is 29.4 Å². The third-order valence-electron chi connectivity index (χ3n) is 8.23. The van der Waals surface area contributed by atoms with Crippen LogP contribution in [-0.4, -0.2) is 58.2 Å². The van der Waals surface area contributed by atoms with E-state index in [1.807, 2.05) is 36.4 Å². The van der Waals surface area contributed by atoms with Crippen LogP contribution in [0.2, 0.25) is 0 Å². The number of carbonyl (C=O) groups is 4. The van der Waals surface area contributed by atoms with Gasteiger partial charge in [0, 0.05) is 43.6 Å². The van der Waals surface area contributed by atoms with Gasteiger partial charge in [0.05, 0.1) is 25.3 Å². The highest BCUT2D eigenvalue weighted by Gasteiger charge is 2.52. The molecule has 0 saturated carbocycles. The van der Waals surface area contributed by atoms with Crippen molar-refractivity contribution in [1.29, 1.82) is 0 Å². The number of nitrogens with zero attached hydrogens (tertiary/aromatic N) is 3. The molecule has 2 aliphatic heterocycles. The number of hydrogen-bond donors (Lipinski definition) is 2. The number of β-lactam (4-membered cyclic amide) rings is 1. The lowest BCUT2D eigenvalue weighted by atomic mass is 9.83. The molecule has 0 spiro atoms. The van der Waals surface area contributed by atoms with Crippen LogP contribution in [-0.2, 0) is 42.6 Å². The molecule has 2 N–H and O–H groups in total. The van der Waals surface area contributed by atoms with Crippen molar-refractivity contribution in [1.82, 2.24) is 4.90 Å². The summed E-state index contributed by atoms with van der Waals surface area (Å²) in [6.07, 6.45) is 2.83. The number of amides is 3. The minimum Gasteiger partial charge on any atom is -0.441 e. The normalized spacial score (nSPS) is 19.8. The summed E-state index contributed by atoms with van der Waals surface area (Å²) < 4.78 is 5.24. The molecule has 234 valence electrons. The van der Waals surface area contributed by atoms with Gasteiger partial charge in [-0.2, -0.15) is 0 Å². The Hall–Kier alpha value is -4.80. The number of aliphatic hydroxyl groups excluding tert-OH is 1. The van der Waals surface area contributed by atoms with Gasteiger partial charge >= 0.3 is 5.97 Å². The van der Waals surface area contributed by atoms with E-state index in [0.717, 1.165) is 11.1 Å². The van der Waals surface area contributed by atoms with Crippen LogP contribution in [0.1, 0.15) is 43.4 Å². The molecule has 3 amide bonds. The van der Waals surface area contributed by atoms with Crippen molar-refractivity contribution in [3.05, 3.63) is 108 Å². The first-order valence-electron chi connectivity index (χ1n) is 14.9.